The first-order valence-electron chi connectivity index (χ1n) is 5.50. The highest BCUT2D eigenvalue weighted by molar-refractivity contribution is 7.99. The second kappa shape index (κ2) is 6.37. The Morgan fingerprint density at radius 3 is 3.00 bits per heavy atom. The second-order valence-electron chi connectivity index (χ2n) is 3.65. The van der Waals surface area contributed by atoms with E-state index in [0.29, 0.717) is 5.75 Å². The molecule has 0 aliphatic rings. The Bertz CT molecular complexity index is 493. The average Bonchev–Trinajstić information content (AvgIpc) is 2.46. The van der Waals surface area contributed by atoms with Crippen LogP contribution in [0.1, 0.15) is 11.7 Å². The van der Waals surface area contributed by atoms with Crippen molar-refractivity contribution in [3.05, 3.63) is 48.4 Å². The van der Waals surface area contributed by atoms with E-state index in [0.717, 1.165) is 16.3 Å². The van der Waals surface area contributed by atoms with Crippen LogP contribution in [0.15, 0.2) is 47.9 Å². The molecule has 94 valence electrons. The number of nitrogens with zero attached hydrogens (tertiary/aromatic N) is 2. The number of benzene rings is 1. The van der Waals surface area contributed by atoms with Crippen molar-refractivity contribution < 1.29 is 9.84 Å². The summed E-state index contributed by atoms with van der Waals surface area (Å²) in [6.45, 7) is 0. The minimum atomic E-state index is -0.542. The number of aromatic nitrogens is 2. The maximum Gasteiger partial charge on any atom is 0.119 e. The minimum absolute atomic E-state index is 0.542. The number of hydrogen-bond acceptors (Lipinski definition) is 5. The topological polar surface area (TPSA) is 55.2 Å². The average molecular weight is 262 g/mol. The third kappa shape index (κ3) is 3.45. The molecule has 5 heteroatoms. The normalized spacial score (nSPS) is 12.1. The van der Waals surface area contributed by atoms with Gasteiger partial charge in [-0.1, -0.05) is 12.1 Å². The number of aliphatic hydroxyl groups excluding tert-OH is 1. The quantitative estimate of drug-likeness (QED) is 0.662. The number of ether oxygens (including phenoxy) is 1. The summed E-state index contributed by atoms with van der Waals surface area (Å²) < 4.78 is 5.13. The van der Waals surface area contributed by atoms with Gasteiger partial charge in [0.05, 0.1) is 18.2 Å². The summed E-state index contributed by atoms with van der Waals surface area (Å²) in [5, 5.41) is 10.9. The summed E-state index contributed by atoms with van der Waals surface area (Å²) >= 11 is 1.49. The van der Waals surface area contributed by atoms with Crippen LogP contribution < -0.4 is 4.74 Å². The van der Waals surface area contributed by atoms with Gasteiger partial charge >= 0.3 is 0 Å². The maximum absolute atomic E-state index is 10.1. The molecule has 1 aromatic carbocycles. The van der Waals surface area contributed by atoms with E-state index in [1.165, 1.54) is 18.1 Å². The third-order valence-corrected chi connectivity index (χ3v) is 3.44. The van der Waals surface area contributed by atoms with Crippen LogP contribution in [0.25, 0.3) is 0 Å². The Kier molecular flexibility index (Phi) is 4.55. The second-order valence-corrected chi connectivity index (χ2v) is 4.69. The van der Waals surface area contributed by atoms with E-state index in [1.807, 2.05) is 30.3 Å². The van der Waals surface area contributed by atoms with Crippen LogP contribution >= 0.6 is 11.8 Å². The maximum atomic E-state index is 10.1. The van der Waals surface area contributed by atoms with Crippen LogP contribution in [0.4, 0.5) is 0 Å². The monoisotopic (exact) mass is 262 g/mol. The van der Waals surface area contributed by atoms with E-state index in [9.17, 15) is 5.11 Å². The molecule has 1 N–H and O–H groups in total. The van der Waals surface area contributed by atoms with Crippen LogP contribution in [0.5, 0.6) is 5.75 Å². The van der Waals surface area contributed by atoms with Crippen LogP contribution in [-0.4, -0.2) is 27.9 Å². The standard InChI is InChI=1S/C13H14N2O2S/c1-17-11-4-2-3-10(7-11)12(16)8-18-13-5-6-14-9-15-13/h2-7,9,12,16H,8H2,1H3. The van der Waals surface area contributed by atoms with Crippen molar-refractivity contribution in [3.8, 4) is 5.75 Å². The molecule has 0 saturated carbocycles. The molecule has 0 radical (unpaired) electrons. The molecule has 2 aromatic rings. The van der Waals surface area contributed by atoms with E-state index in [1.54, 1.807) is 13.3 Å². The first-order chi connectivity index (χ1) is 8.79. The van der Waals surface area contributed by atoms with Gasteiger partial charge in [0, 0.05) is 11.9 Å². The predicted octanol–water partition coefficient (Wildman–Crippen LogP) is 2.31. The van der Waals surface area contributed by atoms with Gasteiger partial charge in [0.15, 0.2) is 0 Å². The van der Waals surface area contributed by atoms with Gasteiger partial charge in [0.1, 0.15) is 12.1 Å². The third-order valence-electron chi connectivity index (χ3n) is 2.42. The van der Waals surface area contributed by atoms with E-state index in [-0.39, 0.29) is 0 Å². The lowest BCUT2D eigenvalue weighted by Crippen LogP contribution is -2.01. The summed E-state index contributed by atoms with van der Waals surface area (Å²) in [5.74, 6) is 1.29. The number of thioether (sulfide) groups is 1. The Morgan fingerprint density at radius 1 is 1.39 bits per heavy atom. The number of rotatable bonds is 5. The van der Waals surface area contributed by atoms with Gasteiger partial charge < -0.3 is 9.84 Å². The molecule has 2 rings (SSSR count). The minimum Gasteiger partial charge on any atom is -0.497 e. The molecule has 0 spiro atoms. The van der Waals surface area contributed by atoms with Crippen molar-refractivity contribution in [1.29, 1.82) is 0 Å². The molecular weight excluding hydrogens is 248 g/mol. The van der Waals surface area contributed by atoms with Crippen LogP contribution in [0, 0.1) is 0 Å². The molecule has 0 fully saturated rings. The summed E-state index contributed by atoms with van der Waals surface area (Å²) in [6, 6.07) is 9.27. The molecule has 4 nitrogen and oxygen atoms in total. The first-order valence-corrected chi connectivity index (χ1v) is 6.49. The molecule has 0 saturated heterocycles. The SMILES string of the molecule is COc1cccc(C(O)CSc2ccncn2)c1. The first kappa shape index (κ1) is 12.9. The highest BCUT2D eigenvalue weighted by atomic mass is 32.2. The van der Waals surface area contributed by atoms with Crippen LogP contribution in [0.3, 0.4) is 0 Å². The van der Waals surface area contributed by atoms with Crippen molar-refractivity contribution in [1.82, 2.24) is 9.97 Å². The van der Waals surface area contributed by atoms with Gasteiger partial charge in [-0.05, 0) is 23.8 Å². The van der Waals surface area contributed by atoms with Gasteiger partial charge in [-0.2, -0.15) is 0 Å². The van der Waals surface area contributed by atoms with Crippen molar-refractivity contribution in [2.45, 2.75) is 11.1 Å². The number of methoxy groups -OCH3 is 1. The van der Waals surface area contributed by atoms with E-state index < -0.39 is 6.10 Å². The van der Waals surface area contributed by atoms with Gasteiger partial charge in [-0.3, -0.25) is 0 Å². The van der Waals surface area contributed by atoms with Crippen molar-refractivity contribution in [2.75, 3.05) is 12.9 Å². The van der Waals surface area contributed by atoms with Gasteiger partial charge in [-0.25, -0.2) is 9.97 Å². The Balaban J connectivity index is 1.97. The lowest BCUT2D eigenvalue weighted by Gasteiger charge is -2.11. The number of aliphatic hydroxyl groups is 1. The molecule has 0 amide bonds. The Labute approximate surface area is 110 Å². The summed E-state index contributed by atoms with van der Waals surface area (Å²) in [5.41, 5.74) is 0.843. The van der Waals surface area contributed by atoms with Gasteiger partial charge in [-0.15, -0.1) is 11.8 Å². The van der Waals surface area contributed by atoms with Gasteiger partial charge in [0.25, 0.3) is 0 Å². The van der Waals surface area contributed by atoms with Crippen molar-refractivity contribution in [3.63, 3.8) is 0 Å². The van der Waals surface area contributed by atoms with Gasteiger partial charge in [0.2, 0.25) is 0 Å². The molecule has 0 bridgehead atoms. The fraction of sp³-hybridized carbons (Fsp3) is 0.231. The molecule has 18 heavy (non-hydrogen) atoms. The van der Waals surface area contributed by atoms with E-state index >= 15 is 0 Å². The van der Waals surface area contributed by atoms with E-state index in [2.05, 4.69) is 9.97 Å². The lowest BCUT2D eigenvalue weighted by atomic mass is 10.1. The smallest absolute Gasteiger partial charge is 0.119 e. The molecule has 0 aliphatic carbocycles. The lowest BCUT2D eigenvalue weighted by molar-refractivity contribution is 0.203. The molecule has 0 aliphatic heterocycles. The van der Waals surface area contributed by atoms with Crippen LogP contribution in [-0.2, 0) is 0 Å². The highest BCUT2D eigenvalue weighted by Crippen LogP contribution is 2.25. The fourth-order valence-corrected chi connectivity index (χ4v) is 2.27. The molecular formula is C13H14N2O2S. The summed E-state index contributed by atoms with van der Waals surface area (Å²) in [7, 11) is 1.61. The molecule has 1 unspecified atom stereocenters. The fourth-order valence-electron chi connectivity index (χ4n) is 1.47. The zero-order chi connectivity index (χ0) is 12.8. The van der Waals surface area contributed by atoms with E-state index in [4.69, 9.17) is 4.74 Å². The highest BCUT2D eigenvalue weighted by Gasteiger charge is 2.09. The van der Waals surface area contributed by atoms with Crippen molar-refractivity contribution in [2.24, 2.45) is 0 Å². The zero-order valence-electron chi connectivity index (χ0n) is 9.98. The van der Waals surface area contributed by atoms with Crippen LogP contribution in [0.2, 0.25) is 0 Å². The summed E-state index contributed by atoms with van der Waals surface area (Å²) in [4.78, 5) is 7.94. The number of hydrogen-bond donors (Lipinski definition) is 1. The van der Waals surface area contributed by atoms with Crippen molar-refractivity contribution >= 4 is 11.8 Å². The molecule has 1 aromatic heterocycles. The predicted molar refractivity (Wildman–Crippen MR) is 70.7 cm³/mol. The largest absolute Gasteiger partial charge is 0.497 e. The summed E-state index contributed by atoms with van der Waals surface area (Å²) in [6.07, 6.45) is 2.65. The molecule has 1 atom stereocenters. The Morgan fingerprint density at radius 2 is 2.28 bits per heavy atom. The molecule has 1 heterocycles. The zero-order valence-corrected chi connectivity index (χ0v) is 10.8. The Hall–Kier alpha value is -1.59.